The molecule has 0 bridgehead atoms. The Morgan fingerprint density at radius 1 is 1.33 bits per heavy atom. The molecule has 18 heavy (non-hydrogen) atoms. The number of rotatable bonds is 6. The lowest BCUT2D eigenvalue weighted by molar-refractivity contribution is 0.189. The van der Waals surface area contributed by atoms with Crippen molar-refractivity contribution >= 4 is 10.9 Å². The molecular weight excluding hydrogens is 226 g/mol. The summed E-state index contributed by atoms with van der Waals surface area (Å²) >= 11 is 0. The van der Waals surface area contributed by atoms with Gasteiger partial charge in [0, 0.05) is 31.3 Å². The summed E-state index contributed by atoms with van der Waals surface area (Å²) in [5, 5.41) is 1.15. The number of methoxy groups -OCH3 is 1. The smallest absolute Gasteiger partial charge is 0.0705 e. The minimum absolute atomic E-state index is 0.132. The van der Waals surface area contributed by atoms with Gasteiger partial charge in [-0.1, -0.05) is 18.2 Å². The molecule has 0 radical (unpaired) electrons. The van der Waals surface area contributed by atoms with Crippen LogP contribution >= 0.6 is 0 Å². The zero-order chi connectivity index (χ0) is 12.8. The lowest BCUT2D eigenvalue weighted by atomic mass is 9.98. The molecule has 1 aromatic carbocycles. The zero-order valence-electron chi connectivity index (χ0n) is 10.6. The van der Waals surface area contributed by atoms with Crippen molar-refractivity contribution in [2.24, 2.45) is 5.84 Å². The van der Waals surface area contributed by atoms with E-state index in [0.717, 1.165) is 30.4 Å². The van der Waals surface area contributed by atoms with E-state index in [1.165, 1.54) is 5.56 Å². The molecule has 0 amide bonds. The van der Waals surface area contributed by atoms with Gasteiger partial charge in [0.25, 0.3) is 0 Å². The first kappa shape index (κ1) is 13.0. The number of aromatic nitrogens is 1. The van der Waals surface area contributed by atoms with Crippen LogP contribution in [-0.4, -0.2) is 18.7 Å². The lowest BCUT2D eigenvalue weighted by Crippen LogP contribution is -2.28. The van der Waals surface area contributed by atoms with E-state index >= 15 is 0 Å². The summed E-state index contributed by atoms with van der Waals surface area (Å²) in [7, 11) is 1.71. The first-order chi connectivity index (χ1) is 8.86. The summed E-state index contributed by atoms with van der Waals surface area (Å²) in [6.45, 7) is 0.751. The fourth-order valence-electron chi connectivity index (χ4n) is 2.19. The second-order valence-electron chi connectivity index (χ2n) is 4.27. The molecule has 4 nitrogen and oxygen atoms in total. The Hall–Kier alpha value is -1.49. The minimum Gasteiger partial charge on any atom is -0.385 e. The maximum atomic E-state index is 5.67. The predicted molar refractivity (Wildman–Crippen MR) is 72.9 cm³/mol. The van der Waals surface area contributed by atoms with Gasteiger partial charge in [-0.3, -0.25) is 16.3 Å². The van der Waals surface area contributed by atoms with Crippen molar-refractivity contribution in [3.8, 4) is 0 Å². The van der Waals surface area contributed by atoms with E-state index in [1.54, 1.807) is 7.11 Å². The molecule has 0 spiro atoms. The predicted octanol–water partition coefficient (Wildman–Crippen LogP) is 2.17. The Kier molecular flexibility index (Phi) is 4.64. The van der Waals surface area contributed by atoms with Gasteiger partial charge < -0.3 is 4.74 Å². The van der Waals surface area contributed by atoms with Crippen molar-refractivity contribution < 1.29 is 4.74 Å². The van der Waals surface area contributed by atoms with E-state index < -0.39 is 0 Å². The zero-order valence-corrected chi connectivity index (χ0v) is 10.6. The van der Waals surface area contributed by atoms with Gasteiger partial charge in [-0.05, 0) is 30.5 Å². The van der Waals surface area contributed by atoms with Crippen LogP contribution in [0.2, 0.25) is 0 Å². The SMILES string of the molecule is COCCCC(NN)c1cccc2ncccc12. The monoisotopic (exact) mass is 245 g/mol. The van der Waals surface area contributed by atoms with Crippen LogP contribution in [0, 0.1) is 0 Å². The molecule has 4 heteroatoms. The highest BCUT2D eigenvalue weighted by Crippen LogP contribution is 2.25. The third kappa shape index (κ3) is 2.85. The van der Waals surface area contributed by atoms with E-state index in [-0.39, 0.29) is 6.04 Å². The number of nitrogens with zero attached hydrogens (tertiary/aromatic N) is 1. The van der Waals surface area contributed by atoms with Crippen molar-refractivity contribution in [1.29, 1.82) is 0 Å². The van der Waals surface area contributed by atoms with Gasteiger partial charge in [0.15, 0.2) is 0 Å². The second-order valence-corrected chi connectivity index (χ2v) is 4.27. The number of ether oxygens (including phenoxy) is 1. The van der Waals surface area contributed by atoms with E-state index in [9.17, 15) is 0 Å². The first-order valence-corrected chi connectivity index (χ1v) is 6.15. The molecule has 2 aromatic rings. The van der Waals surface area contributed by atoms with E-state index in [2.05, 4.69) is 22.5 Å². The van der Waals surface area contributed by atoms with Crippen LogP contribution in [0.5, 0.6) is 0 Å². The minimum atomic E-state index is 0.132. The van der Waals surface area contributed by atoms with Crippen LogP contribution in [0.1, 0.15) is 24.4 Å². The average Bonchev–Trinajstić information content (AvgIpc) is 2.43. The topological polar surface area (TPSA) is 60.2 Å². The molecule has 0 aliphatic rings. The van der Waals surface area contributed by atoms with Crippen molar-refractivity contribution in [2.45, 2.75) is 18.9 Å². The molecule has 1 heterocycles. The van der Waals surface area contributed by atoms with Crippen molar-refractivity contribution in [1.82, 2.24) is 10.4 Å². The van der Waals surface area contributed by atoms with Crippen LogP contribution in [0.3, 0.4) is 0 Å². The molecule has 0 saturated heterocycles. The summed E-state index contributed by atoms with van der Waals surface area (Å²) < 4.78 is 5.08. The number of hydrazine groups is 1. The van der Waals surface area contributed by atoms with E-state index in [4.69, 9.17) is 10.6 Å². The van der Waals surface area contributed by atoms with Gasteiger partial charge in [0.05, 0.1) is 5.52 Å². The van der Waals surface area contributed by atoms with Crippen molar-refractivity contribution in [3.05, 3.63) is 42.1 Å². The summed E-state index contributed by atoms with van der Waals surface area (Å²) in [6, 6.07) is 10.3. The second kappa shape index (κ2) is 6.44. The number of nitrogens with one attached hydrogen (secondary N) is 1. The highest BCUT2D eigenvalue weighted by atomic mass is 16.5. The Balaban J connectivity index is 2.27. The number of pyridine rings is 1. The lowest BCUT2D eigenvalue weighted by Gasteiger charge is -2.18. The first-order valence-electron chi connectivity index (χ1n) is 6.15. The quantitative estimate of drug-likeness (QED) is 0.465. The molecule has 1 atom stereocenters. The van der Waals surface area contributed by atoms with Crippen molar-refractivity contribution in [2.75, 3.05) is 13.7 Å². The molecule has 0 saturated carbocycles. The van der Waals surface area contributed by atoms with Crippen LogP contribution < -0.4 is 11.3 Å². The van der Waals surface area contributed by atoms with Gasteiger partial charge in [-0.2, -0.15) is 0 Å². The Labute approximate surface area is 107 Å². The molecule has 0 aliphatic carbocycles. The average molecular weight is 245 g/mol. The van der Waals surface area contributed by atoms with Gasteiger partial charge in [-0.25, -0.2) is 0 Å². The number of hydrogen-bond donors (Lipinski definition) is 2. The third-order valence-electron chi connectivity index (χ3n) is 3.10. The fraction of sp³-hybridized carbons (Fsp3) is 0.357. The maximum Gasteiger partial charge on any atom is 0.0705 e. The van der Waals surface area contributed by atoms with Crippen LogP contribution in [-0.2, 0) is 4.74 Å². The number of nitrogens with two attached hydrogens (primary N) is 1. The molecular formula is C14H19N3O. The van der Waals surface area contributed by atoms with Gasteiger partial charge in [0.2, 0.25) is 0 Å². The normalized spacial score (nSPS) is 12.8. The molecule has 96 valence electrons. The summed E-state index contributed by atoms with van der Waals surface area (Å²) in [5.41, 5.74) is 5.08. The Morgan fingerprint density at radius 3 is 3.00 bits per heavy atom. The summed E-state index contributed by atoms with van der Waals surface area (Å²) in [5.74, 6) is 5.67. The number of fused-ring (bicyclic) bond motifs is 1. The molecule has 3 N–H and O–H groups in total. The summed E-state index contributed by atoms with van der Waals surface area (Å²) in [6.07, 6.45) is 3.72. The van der Waals surface area contributed by atoms with E-state index in [1.807, 2.05) is 24.4 Å². The van der Waals surface area contributed by atoms with Crippen molar-refractivity contribution in [3.63, 3.8) is 0 Å². The number of hydrogen-bond acceptors (Lipinski definition) is 4. The Bertz CT molecular complexity index is 496. The fourth-order valence-corrected chi connectivity index (χ4v) is 2.19. The highest BCUT2D eigenvalue weighted by Gasteiger charge is 2.12. The van der Waals surface area contributed by atoms with Crippen LogP contribution in [0.15, 0.2) is 36.5 Å². The highest BCUT2D eigenvalue weighted by molar-refractivity contribution is 5.82. The maximum absolute atomic E-state index is 5.67. The van der Waals surface area contributed by atoms with E-state index in [0.29, 0.717) is 0 Å². The molecule has 0 fully saturated rings. The molecule has 2 rings (SSSR count). The Morgan fingerprint density at radius 2 is 2.22 bits per heavy atom. The van der Waals surface area contributed by atoms with Crippen LogP contribution in [0.25, 0.3) is 10.9 Å². The van der Waals surface area contributed by atoms with Gasteiger partial charge in [-0.15, -0.1) is 0 Å². The number of benzene rings is 1. The summed E-state index contributed by atoms with van der Waals surface area (Å²) in [4.78, 5) is 4.36. The largest absolute Gasteiger partial charge is 0.385 e. The van der Waals surface area contributed by atoms with Gasteiger partial charge in [0.1, 0.15) is 0 Å². The van der Waals surface area contributed by atoms with Crippen LogP contribution in [0.4, 0.5) is 0 Å². The molecule has 0 aliphatic heterocycles. The van der Waals surface area contributed by atoms with Gasteiger partial charge >= 0.3 is 0 Å². The molecule has 1 unspecified atom stereocenters. The third-order valence-corrected chi connectivity index (χ3v) is 3.10. The standard InChI is InChI=1S/C14H19N3O/c1-18-10-4-8-14(17-15)12-5-2-7-13-11(12)6-3-9-16-13/h2-3,5-7,9,14,17H,4,8,10,15H2,1H3. The molecule has 1 aromatic heterocycles.